The summed E-state index contributed by atoms with van der Waals surface area (Å²) in [6, 6.07) is 5.31. The van der Waals surface area contributed by atoms with Crippen LogP contribution in [0.15, 0.2) is 45.7 Å². The lowest BCUT2D eigenvalue weighted by Gasteiger charge is -1.86. The number of ketones is 1. The lowest BCUT2D eigenvalue weighted by molar-refractivity contribution is 0.102. The molecule has 0 aliphatic heterocycles. The Labute approximate surface area is 85.5 Å². The van der Waals surface area contributed by atoms with Gasteiger partial charge in [0.25, 0.3) is 0 Å². The third-order valence-electron chi connectivity index (χ3n) is 1.73. The van der Waals surface area contributed by atoms with E-state index in [2.05, 4.69) is 0 Å². The molecular weight excluding hydrogens is 196 g/mol. The highest BCUT2D eigenvalue weighted by molar-refractivity contribution is 7.08. The van der Waals surface area contributed by atoms with Gasteiger partial charge < -0.3 is 4.42 Å². The molecule has 0 atom stereocenters. The normalized spacial score (nSPS) is 10.9. The monoisotopic (exact) mass is 204 g/mol. The maximum absolute atomic E-state index is 11.4. The maximum Gasteiger partial charge on any atom is 0.221 e. The van der Waals surface area contributed by atoms with Gasteiger partial charge >= 0.3 is 0 Å². The molecule has 0 aliphatic rings. The molecule has 0 bridgehead atoms. The van der Waals surface area contributed by atoms with Crippen molar-refractivity contribution in [3.05, 3.63) is 52.6 Å². The van der Waals surface area contributed by atoms with Crippen LogP contribution < -0.4 is 0 Å². The molecule has 2 nitrogen and oxygen atoms in total. The Bertz CT molecular complexity index is 424. The topological polar surface area (TPSA) is 30.2 Å². The van der Waals surface area contributed by atoms with Gasteiger partial charge in [-0.1, -0.05) is 6.08 Å². The number of carbonyl (C=O) groups is 1. The lowest BCUT2D eigenvalue weighted by atomic mass is 10.2. The van der Waals surface area contributed by atoms with Crippen molar-refractivity contribution < 1.29 is 9.21 Å². The number of hydrogen-bond acceptors (Lipinski definition) is 3. The molecule has 0 saturated carbocycles. The van der Waals surface area contributed by atoms with Crippen molar-refractivity contribution in [2.45, 2.75) is 0 Å². The van der Waals surface area contributed by atoms with Crippen LogP contribution in [0.3, 0.4) is 0 Å². The summed E-state index contributed by atoms with van der Waals surface area (Å²) < 4.78 is 4.97. The van der Waals surface area contributed by atoms with Gasteiger partial charge in [-0.2, -0.15) is 11.3 Å². The van der Waals surface area contributed by atoms with E-state index in [4.69, 9.17) is 4.42 Å². The SMILES string of the molecule is O=C(/C=C/c1ccsc1)c1ccco1. The molecule has 14 heavy (non-hydrogen) atoms. The summed E-state index contributed by atoms with van der Waals surface area (Å²) in [7, 11) is 0. The first-order valence-electron chi connectivity index (χ1n) is 4.14. The van der Waals surface area contributed by atoms with E-state index in [1.807, 2.05) is 16.8 Å². The molecule has 0 aromatic carbocycles. The Hall–Kier alpha value is -1.61. The van der Waals surface area contributed by atoms with Gasteiger partial charge in [0.2, 0.25) is 5.78 Å². The highest BCUT2D eigenvalue weighted by atomic mass is 32.1. The summed E-state index contributed by atoms with van der Waals surface area (Å²) in [5.74, 6) is 0.262. The van der Waals surface area contributed by atoms with Gasteiger partial charge in [0.1, 0.15) is 0 Å². The van der Waals surface area contributed by atoms with Crippen LogP contribution in [0, 0.1) is 0 Å². The minimum atomic E-state index is -0.110. The highest BCUT2D eigenvalue weighted by Gasteiger charge is 2.02. The molecule has 2 aromatic rings. The third kappa shape index (κ3) is 2.00. The fraction of sp³-hybridized carbons (Fsp3) is 0. The molecule has 0 N–H and O–H groups in total. The van der Waals surface area contributed by atoms with E-state index < -0.39 is 0 Å². The molecule has 2 heterocycles. The number of carbonyl (C=O) groups excluding carboxylic acids is 1. The summed E-state index contributed by atoms with van der Waals surface area (Å²) in [4.78, 5) is 11.4. The predicted molar refractivity (Wildman–Crippen MR) is 56.4 cm³/mol. The molecular formula is C11H8O2S. The molecule has 0 radical (unpaired) electrons. The van der Waals surface area contributed by atoms with Crippen LogP contribution >= 0.6 is 11.3 Å². The summed E-state index contributed by atoms with van der Waals surface area (Å²) in [5.41, 5.74) is 1.04. The van der Waals surface area contributed by atoms with Gasteiger partial charge in [-0.05, 0) is 40.6 Å². The van der Waals surface area contributed by atoms with Crippen molar-refractivity contribution in [2.24, 2.45) is 0 Å². The molecule has 0 amide bonds. The fourth-order valence-corrected chi connectivity index (χ4v) is 1.67. The largest absolute Gasteiger partial charge is 0.461 e. The van der Waals surface area contributed by atoms with E-state index in [0.29, 0.717) is 5.76 Å². The van der Waals surface area contributed by atoms with E-state index >= 15 is 0 Å². The number of rotatable bonds is 3. The molecule has 0 fully saturated rings. The maximum atomic E-state index is 11.4. The zero-order valence-electron chi connectivity index (χ0n) is 7.34. The van der Waals surface area contributed by atoms with Gasteiger partial charge in [-0.15, -0.1) is 0 Å². The van der Waals surface area contributed by atoms with E-state index in [-0.39, 0.29) is 5.78 Å². The summed E-state index contributed by atoms with van der Waals surface area (Å²) >= 11 is 1.60. The smallest absolute Gasteiger partial charge is 0.221 e. The van der Waals surface area contributed by atoms with E-state index in [0.717, 1.165) is 5.56 Å². The number of hydrogen-bond donors (Lipinski definition) is 0. The van der Waals surface area contributed by atoms with Crippen LogP contribution in [0.5, 0.6) is 0 Å². The Morgan fingerprint density at radius 2 is 2.36 bits per heavy atom. The lowest BCUT2D eigenvalue weighted by Crippen LogP contribution is -1.89. The predicted octanol–water partition coefficient (Wildman–Crippen LogP) is 3.24. The highest BCUT2D eigenvalue weighted by Crippen LogP contribution is 2.09. The zero-order chi connectivity index (χ0) is 9.80. The van der Waals surface area contributed by atoms with Crippen molar-refractivity contribution in [1.82, 2.24) is 0 Å². The molecule has 0 saturated heterocycles. The van der Waals surface area contributed by atoms with Crippen molar-refractivity contribution in [1.29, 1.82) is 0 Å². The number of allylic oxidation sites excluding steroid dienone is 1. The Morgan fingerprint density at radius 3 is 3.00 bits per heavy atom. The molecule has 70 valence electrons. The Balaban J connectivity index is 2.09. The van der Waals surface area contributed by atoms with Gasteiger partial charge in [-0.3, -0.25) is 4.79 Å². The molecule has 3 heteroatoms. The van der Waals surface area contributed by atoms with Crippen molar-refractivity contribution in [3.63, 3.8) is 0 Å². The Kier molecular flexibility index (Phi) is 2.60. The van der Waals surface area contributed by atoms with Crippen molar-refractivity contribution in [2.75, 3.05) is 0 Å². The second kappa shape index (κ2) is 4.07. The van der Waals surface area contributed by atoms with Crippen molar-refractivity contribution in [3.8, 4) is 0 Å². The van der Waals surface area contributed by atoms with Gasteiger partial charge in [0.15, 0.2) is 5.76 Å². The van der Waals surface area contributed by atoms with Crippen LogP contribution in [-0.4, -0.2) is 5.78 Å². The number of thiophene rings is 1. The van der Waals surface area contributed by atoms with Gasteiger partial charge in [-0.25, -0.2) is 0 Å². The summed E-state index contributed by atoms with van der Waals surface area (Å²) in [6.45, 7) is 0. The molecule has 2 aromatic heterocycles. The fourth-order valence-electron chi connectivity index (χ4n) is 1.04. The molecule has 0 unspecified atom stereocenters. The average Bonchev–Trinajstić information content (AvgIpc) is 2.87. The quantitative estimate of drug-likeness (QED) is 0.567. The van der Waals surface area contributed by atoms with Crippen LogP contribution in [0.25, 0.3) is 6.08 Å². The zero-order valence-corrected chi connectivity index (χ0v) is 8.16. The minimum Gasteiger partial charge on any atom is -0.461 e. The summed E-state index contributed by atoms with van der Waals surface area (Å²) in [5, 5.41) is 3.95. The first-order valence-corrected chi connectivity index (χ1v) is 5.08. The standard InChI is InChI=1S/C11H8O2S/c12-10(11-2-1-6-13-11)4-3-9-5-7-14-8-9/h1-8H/b4-3+. The van der Waals surface area contributed by atoms with E-state index in [1.54, 1.807) is 29.5 Å². The van der Waals surface area contributed by atoms with E-state index in [1.165, 1.54) is 12.3 Å². The van der Waals surface area contributed by atoms with Crippen LogP contribution in [0.2, 0.25) is 0 Å². The second-order valence-corrected chi connectivity index (χ2v) is 3.51. The first-order chi connectivity index (χ1) is 6.86. The summed E-state index contributed by atoms with van der Waals surface area (Å²) in [6.07, 6.45) is 4.79. The number of furan rings is 1. The minimum absolute atomic E-state index is 0.110. The first kappa shape index (κ1) is 8.97. The van der Waals surface area contributed by atoms with E-state index in [9.17, 15) is 4.79 Å². The van der Waals surface area contributed by atoms with Gasteiger partial charge in [0, 0.05) is 0 Å². The second-order valence-electron chi connectivity index (χ2n) is 2.73. The third-order valence-corrected chi connectivity index (χ3v) is 2.44. The van der Waals surface area contributed by atoms with Crippen LogP contribution in [0.1, 0.15) is 16.1 Å². The molecule has 0 aliphatic carbocycles. The molecule has 0 spiro atoms. The van der Waals surface area contributed by atoms with Gasteiger partial charge in [0.05, 0.1) is 6.26 Å². The van der Waals surface area contributed by atoms with Crippen LogP contribution in [0.4, 0.5) is 0 Å². The Morgan fingerprint density at radius 1 is 1.43 bits per heavy atom. The average molecular weight is 204 g/mol. The van der Waals surface area contributed by atoms with Crippen molar-refractivity contribution >= 4 is 23.2 Å². The molecule has 2 rings (SSSR count). The van der Waals surface area contributed by atoms with Crippen LogP contribution in [-0.2, 0) is 0 Å².